The first-order valence-electron chi connectivity index (χ1n) is 5.51. The predicted octanol–water partition coefficient (Wildman–Crippen LogP) is 3.69. The molecule has 0 aromatic heterocycles. The van der Waals surface area contributed by atoms with Crippen molar-refractivity contribution >= 4 is 34.6 Å². The van der Waals surface area contributed by atoms with E-state index in [1.165, 1.54) is 12.1 Å². The van der Waals surface area contributed by atoms with Crippen molar-refractivity contribution in [3.05, 3.63) is 63.2 Å². The molecule has 102 valence electrons. The molecule has 0 saturated heterocycles. The van der Waals surface area contributed by atoms with Crippen LogP contribution in [0.4, 0.5) is 17.1 Å². The Hall–Kier alpha value is -2.60. The van der Waals surface area contributed by atoms with Gasteiger partial charge in [-0.25, -0.2) is 4.79 Å². The molecular weight excluding hydrogens is 284 g/mol. The lowest BCUT2D eigenvalue weighted by molar-refractivity contribution is -0.383. The molecule has 0 unspecified atom stereocenters. The van der Waals surface area contributed by atoms with E-state index in [0.717, 1.165) is 6.07 Å². The van der Waals surface area contributed by atoms with Gasteiger partial charge in [0.05, 0.1) is 10.5 Å². The summed E-state index contributed by atoms with van der Waals surface area (Å²) in [5.74, 6) is -1.22. The minimum Gasteiger partial charge on any atom is -0.478 e. The number of halogens is 1. The van der Waals surface area contributed by atoms with Gasteiger partial charge in [-0.05, 0) is 36.4 Å². The summed E-state index contributed by atoms with van der Waals surface area (Å²) in [6.45, 7) is 0. The van der Waals surface area contributed by atoms with Gasteiger partial charge in [-0.2, -0.15) is 0 Å². The molecule has 0 heterocycles. The van der Waals surface area contributed by atoms with Gasteiger partial charge in [0, 0.05) is 16.8 Å². The maximum Gasteiger partial charge on any atom is 0.335 e. The number of anilines is 2. The second kappa shape index (κ2) is 5.58. The van der Waals surface area contributed by atoms with E-state index < -0.39 is 10.9 Å². The lowest BCUT2D eigenvalue weighted by Crippen LogP contribution is -2.01. The van der Waals surface area contributed by atoms with E-state index in [1.54, 1.807) is 24.3 Å². The van der Waals surface area contributed by atoms with Crippen LogP contribution in [0, 0.1) is 10.1 Å². The summed E-state index contributed by atoms with van der Waals surface area (Å²) in [5, 5.41) is 23.2. The van der Waals surface area contributed by atoms with E-state index in [1.807, 2.05) is 0 Å². The number of rotatable bonds is 4. The SMILES string of the molecule is O=C(O)c1ccc(Nc2ccc(Cl)cc2)c([N+](=O)[O-])c1. The van der Waals surface area contributed by atoms with E-state index in [4.69, 9.17) is 16.7 Å². The number of nitrogens with one attached hydrogen (secondary N) is 1. The average Bonchev–Trinajstić information content (AvgIpc) is 2.41. The number of nitrogens with zero attached hydrogens (tertiary/aromatic N) is 1. The van der Waals surface area contributed by atoms with Crippen molar-refractivity contribution in [2.75, 3.05) is 5.32 Å². The topological polar surface area (TPSA) is 92.5 Å². The highest BCUT2D eigenvalue weighted by Gasteiger charge is 2.17. The van der Waals surface area contributed by atoms with Crippen LogP contribution in [-0.2, 0) is 0 Å². The Balaban J connectivity index is 2.38. The van der Waals surface area contributed by atoms with Crippen LogP contribution in [0.2, 0.25) is 5.02 Å². The van der Waals surface area contributed by atoms with Gasteiger partial charge in [0.2, 0.25) is 0 Å². The molecule has 0 radical (unpaired) electrons. The maximum absolute atomic E-state index is 11.0. The fraction of sp³-hybridized carbons (Fsp3) is 0. The van der Waals surface area contributed by atoms with Gasteiger partial charge in [0.15, 0.2) is 0 Å². The third-order valence-electron chi connectivity index (χ3n) is 2.56. The molecule has 0 amide bonds. The summed E-state index contributed by atoms with van der Waals surface area (Å²) < 4.78 is 0. The van der Waals surface area contributed by atoms with Crippen LogP contribution >= 0.6 is 11.6 Å². The van der Waals surface area contributed by atoms with Crippen LogP contribution in [0.1, 0.15) is 10.4 Å². The monoisotopic (exact) mass is 292 g/mol. The minimum atomic E-state index is -1.22. The minimum absolute atomic E-state index is 0.140. The van der Waals surface area contributed by atoms with E-state index in [2.05, 4.69) is 5.32 Å². The molecule has 20 heavy (non-hydrogen) atoms. The van der Waals surface area contributed by atoms with Crippen molar-refractivity contribution in [1.29, 1.82) is 0 Å². The third kappa shape index (κ3) is 3.04. The zero-order valence-electron chi connectivity index (χ0n) is 10.0. The van der Waals surface area contributed by atoms with Crippen molar-refractivity contribution in [3.63, 3.8) is 0 Å². The summed E-state index contributed by atoms with van der Waals surface area (Å²) in [6.07, 6.45) is 0. The van der Waals surface area contributed by atoms with Gasteiger partial charge in [0.25, 0.3) is 5.69 Å². The molecule has 2 aromatic carbocycles. The number of carboxylic acid groups (broad SMARTS) is 1. The Morgan fingerprint density at radius 2 is 1.85 bits per heavy atom. The molecule has 0 aliphatic rings. The molecule has 2 N–H and O–H groups in total. The zero-order valence-corrected chi connectivity index (χ0v) is 10.8. The molecule has 2 aromatic rings. The van der Waals surface area contributed by atoms with Gasteiger partial charge < -0.3 is 10.4 Å². The Morgan fingerprint density at radius 1 is 1.20 bits per heavy atom. The number of benzene rings is 2. The van der Waals surface area contributed by atoms with Crippen LogP contribution in [0.3, 0.4) is 0 Å². The average molecular weight is 293 g/mol. The highest BCUT2D eigenvalue weighted by atomic mass is 35.5. The molecule has 0 aliphatic carbocycles. The van der Waals surface area contributed by atoms with Crippen molar-refractivity contribution in [3.8, 4) is 0 Å². The quantitative estimate of drug-likeness (QED) is 0.662. The maximum atomic E-state index is 11.0. The number of hydrogen-bond acceptors (Lipinski definition) is 4. The largest absolute Gasteiger partial charge is 0.478 e. The molecule has 6 nitrogen and oxygen atoms in total. The zero-order chi connectivity index (χ0) is 14.7. The van der Waals surface area contributed by atoms with Crippen molar-refractivity contribution in [2.24, 2.45) is 0 Å². The van der Waals surface area contributed by atoms with Crippen LogP contribution in [-0.4, -0.2) is 16.0 Å². The molecule has 0 saturated carbocycles. The fourth-order valence-corrected chi connectivity index (χ4v) is 1.74. The highest BCUT2D eigenvalue weighted by molar-refractivity contribution is 6.30. The first-order valence-corrected chi connectivity index (χ1v) is 5.89. The van der Waals surface area contributed by atoms with Gasteiger partial charge in [-0.1, -0.05) is 11.6 Å². The third-order valence-corrected chi connectivity index (χ3v) is 2.82. The van der Waals surface area contributed by atoms with E-state index in [-0.39, 0.29) is 16.9 Å². The van der Waals surface area contributed by atoms with Gasteiger partial charge in [0.1, 0.15) is 5.69 Å². The number of aromatic carboxylic acids is 1. The molecule has 7 heteroatoms. The van der Waals surface area contributed by atoms with Gasteiger partial charge >= 0.3 is 5.97 Å². The first-order chi connectivity index (χ1) is 9.47. The molecule has 0 fully saturated rings. The second-order valence-corrected chi connectivity index (χ2v) is 4.36. The van der Waals surface area contributed by atoms with Crippen LogP contribution in [0.5, 0.6) is 0 Å². The molecular formula is C13H9ClN2O4. The lowest BCUT2D eigenvalue weighted by atomic mass is 10.1. The van der Waals surface area contributed by atoms with E-state index in [0.29, 0.717) is 10.7 Å². The van der Waals surface area contributed by atoms with Crippen molar-refractivity contribution in [2.45, 2.75) is 0 Å². The summed E-state index contributed by atoms with van der Waals surface area (Å²) in [7, 11) is 0. The van der Waals surface area contributed by atoms with Crippen LogP contribution in [0.15, 0.2) is 42.5 Å². The van der Waals surface area contributed by atoms with Gasteiger partial charge in [-0.3, -0.25) is 10.1 Å². The Morgan fingerprint density at radius 3 is 2.40 bits per heavy atom. The lowest BCUT2D eigenvalue weighted by Gasteiger charge is -2.07. The Kier molecular flexibility index (Phi) is 3.86. The number of carbonyl (C=O) groups is 1. The van der Waals surface area contributed by atoms with Crippen molar-refractivity contribution in [1.82, 2.24) is 0 Å². The Bertz CT molecular complexity index is 671. The number of nitro benzene ring substituents is 1. The predicted molar refractivity (Wildman–Crippen MR) is 74.8 cm³/mol. The number of carboxylic acids is 1. The number of hydrogen-bond donors (Lipinski definition) is 2. The van der Waals surface area contributed by atoms with E-state index in [9.17, 15) is 14.9 Å². The summed E-state index contributed by atoms with van der Waals surface area (Å²) in [5.41, 5.74) is 0.376. The summed E-state index contributed by atoms with van der Waals surface area (Å²) in [4.78, 5) is 21.2. The molecule has 0 spiro atoms. The molecule has 0 atom stereocenters. The highest BCUT2D eigenvalue weighted by Crippen LogP contribution is 2.29. The smallest absolute Gasteiger partial charge is 0.335 e. The molecule has 0 bridgehead atoms. The fourth-order valence-electron chi connectivity index (χ4n) is 1.61. The summed E-state index contributed by atoms with van der Waals surface area (Å²) >= 11 is 5.75. The summed E-state index contributed by atoms with van der Waals surface area (Å²) in [6, 6.07) is 10.3. The van der Waals surface area contributed by atoms with Crippen LogP contribution < -0.4 is 5.32 Å². The molecule has 2 rings (SSSR count). The van der Waals surface area contributed by atoms with E-state index >= 15 is 0 Å². The normalized spacial score (nSPS) is 10.1. The number of nitro groups is 1. The second-order valence-electron chi connectivity index (χ2n) is 3.93. The van der Waals surface area contributed by atoms with Gasteiger partial charge in [-0.15, -0.1) is 0 Å². The standard InChI is InChI=1S/C13H9ClN2O4/c14-9-2-4-10(5-3-9)15-11-6-1-8(13(17)18)7-12(11)16(19)20/h1-7,15H,(H,17,18). The van der Waals surface area contributed by atoms with Crippen molar-refractivity contribution < 1.29 is 14.8 Å². The first kappa shape index (κ1) is 13.8. The molecule has 0 aliphatic heterocycles. The Labute approximate surface area is 118 Å². The van der Waals surface area contributed by atoms with Crippen LogP contribution in [0.25, 0.3) is 0 Å².